The molecule has 0 aromatic heterocycles. The van der Waals surface area contributed by atoms with Gasteiger partial charge in [-0.25, -0.2) is 4.79 Å². The number of amides is 3. The molecule has 0 radical (unpaired) electrons. The Balaban J connectivity index is 2.28. The van der Waals surface area contributed by atoms with Crippen molar-refractivity contribution in [3.63, 3.8) is 0 Å². The number of nitrogens with one attached hydrogen (secondary N) is 1. The molecule has 0 aliphatic heterocycles. The Morgan fingerprint density at radius 2 is 1.90 bits per heavy atom. The maximum absolute atomic E-state index is 12.0. The molecule has 0 heterocycles. The zero-order valence-corrected chi connectivity index (χ0v) is 13.4. The maximum Gasteiger partial charge on any atom is 0.312 e. The minimum absolute atomic E-state index is 0.114. The molecule has 0 bridgehead atoms. The van der Waals surface area contributed by atoms with Crippen molar-refractivity contribution in [3.8, 4) is 0 Å². The van der Waals surface area contributed by atoms with E-state index in [0.29, 0.717) is 19.5 Å². The highest BCUT2D eigenvalue weighted by molar-refractivity contribution is 7.98. The predicted octanol–water partition coefficient (Wildman–Crippen LogP) is 2.21. The van der Waals surface area contributed by atoms with Crippen molar-refractivity contribution in [1.82, 2.24) is 10.2 Å². The van der Waals surface area contributed by atoms with Crippen molar-refractivity contribution in [2.45, 2.75) is 30.7 Å². The third kappa shape index (κ3) is 7.04. The minimum Gasteiger partial charge on any atom is -0.352 e. The molecule has 21 heavy (non-hydrogen) atoms. The number of thioether (sulfide) groups is 1. The third-order valence-electron chi connectivity index (χ3n) is 3.12. The van der Waals surface area contributed by atoms with Crippen LogP contribution in [0.4, 0.5) is 4.79 Å². The Hall–Kier alpha value is -1.69. The van der Waals surface area contributed by atoms with Crippen LogP contribution >= 0.6 is 11.8 Å². The summed E-state index contributed by atoms with van der Waals surface area (Å²) in [5.74, 6) is 0.114. The molecule has 0 aliphatic rings. The number of nitrogens with two attached hydrogens (primary N) is 1. The van der Waals surface area contributed by atoms with Gasteiger partial charge < -0.3 is 16.0 Å². The summed E-state index contributed by atoms with van der Waals surface area (Å²) in [6.45, 7) is 1.13. The standard InChI is InChI=1S/C15H23N3O2S/c1-18(11-12-6-8-13(21-2)9-7-12)14(19)5-3-4-10-17-15(16)20/h6-9H,3-5,10-11H2,1-2H3,(H3,16,17,20). The number of unbranched alkanes of at least 4 members (excludes halogenated alkanes) is 1. The predicted molar refractivity (Wildman–Crippen MR) is 86.1 cm³/mol. The summed E-state index contributed by atoms with van der Waals surface area (Å²) in [5.41, 5.74) is 6.09. The van der Waals surface area contributed by atoms with E-state index < -0.39 is 6.03 Å². The number of rotatable bonds is 8. The summed E-state index contributed by atoms with van der Waals surface area (Å²) in [4.78, 5) is 25.4. The molecule has 3 amide bonds. The van der Waals surface area contributed by atoms with E-state index in [4.69, 9.17) is 5.73 Å². The summed E-state index contributed by atoms with van der Waals surface area (Å²) in [6.07, 6.45) is 4.03. The van der Waals surface area contributed by atoms with Crippen molar-refractivity contribution >= 4 is 23.7 Å². The lowest BCUT2D eigenvalue weighted by Crippen LogP contribution is -2.30. The Bertz CT molecular complexity index is 462. The van der Waals surface area contributed by atoms with Crippen LogP contribution < -0.4 is 11.1 Å². The molecule has 116 valence electrons. The summed E-state index contributed by atoms with van der Waals surface area (Å²) in [6, 6.07) is 7.70. The van der Waals surface area contributed by atoms with E-state index in [1.54, 1.807) is 16.7 Å². The molecular weight excluding hydrogens is 286 g/mol. The zero-order valence-electron chi connectivity index (χ0n) is 12.6. The van der Waals surface area contributed by atoms with E-state index in [2.05, 4.69) is 17.4 Å². The lowest BCUT2D eigenvalue weighted by molar-refractivity contribution is -0.130. The highest BCUT2D eigenvalue weighted by Gasteiger charge is 2.09. The van der Waals surface area contributed by atoms with Gasteiger partial charge in [0.15, 0.2) is 0 Å². The van der Waals surface area contributed by atoms with Gasteiger partial charge in [-0.2, -0.15) is 0 Å². The van der Waals surface area contributed by atoms with Gasteiger partial charge in [-0.15, -0.1) is 11.8 Å². The molecule has 1 aromatic carbocycles. The maximum atomic E-state index is 12.0. The second kappa shape index (κ2) is 9.28. The molecule has 0 spiro atoms. The molecule has 1 aromatic rings. The minimum atomic E-state index is -0.521. The lowest BCUT2D eigenvalue weighted by atomic mass is 10.2. The van der Waals surface area contributed by atoms with Gasteiger partial charge in [0.25, 0.3) is 0 Å². The van der Waals surface area contributed by atoms with Gasteiger partial charge in [-0.3, -0.25) is 4.79 Å². The fourth-order valence-electron chi connectivity index (χ4n) is 1.90. The number of nitrogens with zero attached hydrogens (tertiary/aromatic N) is 1. The van der Waals surface area contributed by atoms with E-state index >= 15 is 0 Å². The van der Waals surface area contributed by atoms with E-state index in [0.717, 1.165) is 18.4 Å². The van der Waals surface area contributed by atoms with Crippen molar-refractivity contribution in [3.05, 3.63) is 29.8 Å². The summed E-state index contributed by atoms with van der Waals surface area (Å²) in [7, 11) is 1.81. The van der Waals surface area contributed by atoms with Gasteiger partial charge in [0.1, 0.15) is 0 Å². The number of hydrogen-bond donors (Lipinski definition) is 2. The van der Waals surface area contributed by atoms with Gasteiger partial charge in [0.2, 0.25) is 5.91 Å². The van der Waals surface area contributed by atoms with Gasteiger partial charge in [0.05, 0.1) is 0 Å². The van der Waals surface area contributed by atoms with Crippen molar-refractivity contribution < 1.29 is 9.59 Å². The molecule has 0 atom stereocenters. The molecule has 5 nitrogen and oxygen atoms in total. The molecule has 0 saturated carbocycles. The SMILES string of the molecule is CSc1ccc(CN(C)C(=O)CCCCNC(N)=O)cc1. The van der Waals surface area contributed by atoms with Crippen LogP contribution in [0, 0.1) is 0 Å². The first-order valence-electron chi connectivity index (χ1n) is 6.93. The molecule has 3 N–H and O–H groups in total. The number of hydrogen-bond acceptors (Lipinski definition) is 3. The van der Waals surface area contributed by atoms with Crippen molar-refractivity contribution in [2.75, 3.05) is 19.8 Å². The first kappa shape index (κ1) is 17.4. The van der Waals surface area contributed by atoms with Crippen LogP contribution in [0.15, 0.2) is 29.2 Å². The van der Waals surface area contributed by atoms with Crippen LogP contribution in [-0.2, 0) is 11.3 Å². The normalized spacial score (nSPS) is 10.2. The fraction of sp³-hybridized carbons (Fsp3) is 0.467. The van der Waals surface area contributed by atoms with Gasteiger partial charge in [-0.05, 0) is 36.8 Å². The Kier molecular flexibility index (Phi) is 7.68. The first-order valence-corrected chi connectivity index (χ1v) is 8.15. The summed E-state index contributed by atoms with van der Waals surface area (Å²) < 4.78 is 0. The molecule has 6 heteroatoms. The number of carbonyl (C=O) groups excluding carboxylic acids is 2. The number of benzene rings is 1. The van der Waals surface area contributed by atoms with E-state index in [1.807, 2.05) is 25.4 Å². The zero-order chi connectivity index (χ0) is 15.7. The molecule has 0 saturated heterocycles. The van der Waals surface area contributed by atoms with Crippen LogP contribution in [0.25, 0.3) is 0 Å². The highest BCUT2D eigenvalue weighted by Crippen LogP contribution is 2.15. The van der Waals surface area contributed by atoms with Crippen molar-refractivity contribution in [2.24, 2.45) is 5.73 Å². The topological polar surface area (TPSA) is 75.4 Å². The average Bonchev–Trinajstić information content (AvgIpc) is 2.47. The van der Waals surface area contributed by atoms with Crippen molar-refractivity contribution in [1.29, 1.82) is 0 Å². The Morgan fingerprint density at radius 3 is 2.48 bits per heavy atom. The number of carbonyl (C=O) groups is 2. The van der Waals surface area contributed by atoms with E-state index in [-0.39, 0.29) is 5.91 Å². The average molecular weight is 309 g/mol. The second-order valence-electron chi connectivity index (χ2n) is 4.85. The molecule has 0 unspecified atom stereocenters. The Labute approximate surface area is 130 Å². The van der Waals surface area contributed by atoms with Gasteiger partial charge in [-0.1, -0.05) is 12.1 Å². The second-order valence-corrected chi connectivity index (χ2v) is 5.73. The fourth-order valence-corrected chi connectivity index (χ4v) is 2.30. The number of primary amides is 1. The van der Waals surface area contributed by atoms with Crippen LogP contribution in [0.3, 0.4) is 0 Å². The lowest BCUT2D eigenvalue weighted by Gasteiger charge is -2.17. The van der Waals surface area contributed by atoms with Gasteiger partial charge >= 0.3 is 6.03 Å². The summed E-state index contributed by atoms with van der Waals surface area (Å²) >= 11 is 1.70. The highest BCUT2D eigenvalue weighted by atomic mass is 32.2. The van der Waals surface area contributed by atoms with Crippen LogP contribution in [0.2, 0.25) is 0 Å². The molecule has 0 fully saturated rings. The third-order valence-corrected chi connectivity index (χ3v) is 3.86. The number of urea groups is 1. The van der Waals surface area contributed by atoms with E-state index in [1.165, 1.54) is 4.90 Å². The summed E-state index contributed by atoms with van der Waals surface area (Å²) in [5, 5.41) is 2.51. The van der Waals surface area contributed by atoms with Crippen LogP contribution in [0.5, 0.6) is 0 Å². The largest absolute Gasteiger partial charge is 0.352 e. The van der Waals surface area contributed by atoms with Gasteiger partial charge in [0, 0.05) is 31.5 Å². The Morgan fingerprint density at radius 1 is 1.24 bits per heavy atom. The quantitative estimate of drug-likeness (QED) is 0.571. The molecule has 1 rings (SSSR count). The smallest absolute Gasteiger partial charge is 0.312 e. The molecule has 0 aliphatic carbocycles. The first-order chi connectivity index (χ1) is 10.0. The van der Waals surface area contributed by atoms with Crippen LogP contribution in [-0.4, -0.2) is 36.7 Å². The monoisotopic (exact) mass is 309 g/mol. The molecular formula is C15H23N3O2S. The van der Waals surface area contributed by atoms with Crippen LogP contribution in [0.1, 0.15) is 24.8 Å². The van der Waals surface area contributed by atoms with E-state index in [9.17, 15) is 9.59 Å².